The molecule has 2 aromatic carbocycles. The maximum atomic E-state index is 16.0. The van der Waals surface area contributed by atoms with Gasteiger partial charge in [0, 0.05) is 41.3 Å². The molecule has 2 aromatic rings. The molecule has 1 aliphatic carbocycles. The van der Waals surface area contributed by atoms with Crippen molar-refractivity contribution in [3.8, 4) is 0 Å². The lowest BCUT2D eigenvalue weighted by Gasteiger charge is -2.47. The van der Waals surface area contributed by atoms with Gasteiger partial charge in [-0.25, -0.2) is 4.39 Å². The lowest BCUT2D eigenvalue weighted by molar-refractivity contribution is -0.138. The highest BCUT2D eigenvalue weighted by molar-refractivity contribution is 6.31. The zero-order valence-electron chi connectivity index (χ0n) is 22.5. The van der Waals surface area contributed by atoms with E-state index >= 15 is 4.39 Å². The van der Waals surface area contributed by atoms with Gasteiger partial charge in [-0.05, 0) is 55.0 Å². The van der Waals surface area contributed by atoms with E-state index < -0.39 is 34.7 Å². The topological polar surface area (TPSA) is 111 Å². The lowest BCUT2D eigenvalue weighted by Crippen LogP contribution is -2.60. The molecule has 8 nitrogen and oxygen atoms in total. The van der Waals surface area contributed by atoms with E-state index in [1.165, 1.54) is 6.07 Å². The summed E-state index contributed by atoms with van der Waals surface area (Å²) < 4.78 is 16.0. The monoisotopic (exact) mass is 602 g/mol. The standard InChI is InChI=1S/C30H33Cl2FN4O4/c31-17-7-8-20-22(15-17)35-28(41)30(20)24(19-5-4-6-21(32)25(19)33)26(36-29(30)11-2-1-3-12-29)27(40)34-18-9-13-37(14-10-18)16-23(38)39/h4-8,15,18,24,26,36H,1-3,9-14,16H2,(H,34,40)(H,35,41)(H,38,39). The number of piperidine rings is 1. The van der Waals surface area contributed by atoms with Gasteiger partial charge in [-0.15, -0.1) is 0 Å². The number of amides is 2. The Labute approximate surface area is 247 Å². The number of carboxylic acids is 1. The van der Waals surface area contributed by atoms with Crippen LogP contribution >= 0.6 is 23.2 Å². The van der Waals surface area contributed by atoms with Gasteiger partial charge in [0.05, 0.1) is 17.6 Å². The minimum absolute atomic E-state index is 0.0372. The van der Waals surface area contributed by atoms with Gasteiger partial charge in [-0.2, -0.15) is 0 Å². The smallest absolute Gasteiger partial charge is 0.317 e. The van der Waals surface area contributed by atoms with Crippen LogP contribution in [0.25, 0.3) is 0 Å². The summed E-state index contributed by atoms with van der Waals surface area (Å²) in [5.74, 6) is -2.97. The van der Waals surface area contributed by atoms with E-state index in [4.69, 9.17) is 28.3 Å². The molecule has 3 heterocycles. The first-order valence-corrected chi connectivity index (χ1v) is 15.0. The van der Waals surface area contributed by atoms with Crippen molar-refractivity contribution in [3.63, 3.8) is 0 Å². The van der Waals surface area contributed by atoms with Crippen molar-refractivity contribution < 1.29 is 23.9 Å². The van der Waals surface area contributed by atoms with Gasteiger partial charge in [-0.3, -0.25) is 24.6 Å². The summed E-state index contributed by atoms with van der Waals surface area (Å²) in [6, 6.07) is 8.96. The summed E-state index contributed by atoms with van der Waals surface area (Å²) in [6.45, 7) is 1.06. The number of carboxylic acid groups (broad SMARTS) is 1. The number of likely N-dealkylation sites (tertiary alicyclic amines) is 1. The van der Waals surface area contributed by atoms with Crippen LogP contribution < -0.4 is 16.0 Å². The van der Waals surface area contributed by atoms with Crippen LogP contribution in [0.4, 0.5) is 10.1 Å². The fourth-order valence-electron chi connectivity index (χ4n) is 7.94. The first kappa shape index (κ1) is 28.4. The normalized spacial score (nSPS) is 27.6. The summed E-state index contributed by atoms with van der Waals surface area (Å²) in [6.07, 6.45) is 5.24. The molecule has 3 aliphatic heterocycles. The number of carbonyl (C=O) groups excluding carboxylic acids is 2. The number of fused-ring (bicyclic) bond motifs is 3. The molecule has 11 heteroatoms. The number of carbonyl (C=O) groups is 3. The van der Waals surface area contributed by atoms with Crippen LogP contribution in [-0.2, 0) is 19.8 Å². The molecule has 0 radical (unpaired) electrons. The molecular weight excluding hydrogens is 570 g/mol. The predicted octanol–water partition coefficient (Wildman–Crippen LogP) is 4.45. The van der Waals surface area contributed by atoms with Gasteiger partial charge in [0.25, 0.3) is 0 Å². The second kappa shape index (κ2) is 10.8. The van der Waals surface area contributed by atoms with Crippen LogP contribution in [0.15, 0.2) is 36.4 Å². The Morgan fingerprint density at radius 2 is 1.83 bits per heavy atom. The molecule has 1 saturated carbocycles. The van der Waals surface area contributed by atoms with Crippen LogP contribution in [-0.4, -0.2) is 65.0 Å². The van der Waals surface area contributed by atoms with Crippen molar-refractivity contribution in [3.05, 3.63) is 63.4 Å². The van der Waals surface area contributed by atoms with E-state index in [2.05, 4.69) is 16.0 Å². The van der Waals surface area contributed by atoms with Crippen molar-refractivity contribution in [2.24, 2.45) is 0 Å². The first-order chi connectivity index (χ1) is 19.7. The van der Waals surface area contributed by atoms with E-state index in [1.807, 2.05) is 11.0 Å². The van der Waals surface area contributed by atoms with Gasteiger partial charge < -0.3 is 15.7 Å². The summed E-state index contributed by atoms with van der Waals surface area (Å²) in [4.78, 5) is 41.5. The Morgan fingerprint density at radius 1 is 1.10 bits per heavy atom. The number of hydrogen-bond acceptors (Lipinski definition) is 5. The molecule has 4 aliphatic rings. The van der Waals surface area contributed by atoms with E-state index in [-0.39, 0.29) is 35.0 Å². The largest absolute Gasteiger partial charge is 0.480 e. The molecule has 218 valence electrons. The number of rotatable bonds is 5. The van der Waals surface area contributed by atoms with Crippen molar-refractivity contribution >= 4 is 46.7 Å². The molecule has 0 aromatic heterocycles. The summed E-state index contributed by atoms with van der Waals surface area (Å²) in [5.41, 5.74) is -0.551. The molecule has 0 bridgehead atoms. The minimum atomic E-state index is -1.27. The quantitative estimate of drug-likeness (QED) is 0.402. The molecule has 2 saturated heterocycles. The van der Waals surface area contributed by atoms with Gasteiger partial charge in [0.2, 0.25) is 11.8 Å². The van der Waals surface area contributed by atoms with Gasteiger partial charge in [0.15, 0.2) is 0 Å². The fraction of sp³-hybridized carbons (Fsp3) is 0.500. The minimum Gasteiger partial charge on any atom is -0.480 e. The second-order valence-electron chi connectivity index (χ2n) is 11.8. The molecule has 3 atom stereocenters. The molecule has 2 amide bonds. The van der Waals surface area contributed by atoms with E-state index in [9.17, 15) is 14.4 Å². The Hall–Kier alpha value is -2.72. The SMILES string of the molecule is O=C(O)CN1CCC(NC(=O)C2NC3(CCCCC3)C3(C(=O)Nc4cc(Cl)ccc43)C2c2cccc(Cl)c2F)CC1. The van der Waals surface area contributed by atoms with Crippen LogP contribution in [0.2, 0.25) is 10.0 Å². The van der Waals surface area contributed by atoms with E-state index in [0.29, 0.717) is 55.0 Å². The first-order valence-electron chi connectivity index (χ1n) is 14.2. The zero-order chi connectivity index (χ0) is 28.9. The van der Waals surface area contributed by atoms with Crippen molar-refractivity contribution in [2.75, 3.05) is 25.0 Å². The molecule has 2 spiro atoms. The molecule has 6 rings (SSSR count). The summed E-state index contributed by atoms with van der Waals surface area (Å²) in [5, 5.41) is 19.4. The molecular formula is C30H33Cl2FN4O4. The van der Waals surface area contributed by atoms with Gasteiger partial charge in [-0.1, -0.05) is 60.7 Å². The van der Waals surface area contributed by atoms with Crippen molar-refractivity contribution in [1.29, 1.82) is 0 Å². The maximum absolute atomic E-state index is 16.0. The predicted molar refractivity (Wildman–Crippen MR) is 154 cm³/mol. The van der Waals surface area contributed by atoms with Crippen LogP contribution in [0.3, 0.4) is 0 Å². The number of halogens is 3. The lowest BCUT2D eigenvalue weighted by atomic mass is 9.55. The Balaban J connectivity index is 1.44. The molecule has 41 heavy (non-hydrogen) atoms. The Bertz CT molecular complexity index is 1390. The number of aliphatic carboxylic acids is 1. The van der Waals surface area contributed by atoms with Crippen molar-refractivity contribution in [1.82, 2.24) is 15.5 Å². The third-order valence-corrected chi connectivity index (χ3v) is 10.1. The van der Waals surface area contributed by atoms with E-state index in [1.54, 1.807) is 24.3 Å². The maximum Gasteiger partial charge on any atom is 0.317 e. The zero-order valence-corrected chi connectivity index (χ0v) is 24.0. The highest BCUT2D eigenvalue weighted by Gasteiger charge is 2.72. The van der Waals surface area contributed by atoms with E-state index in [0.717, 1.165) is 19.3 Å². The fourth-order valence-corrected chi connectivity index (χ4v) is 8.29. The Morgan fingerprint density at radius 3 is 2.54 bits per heavy atom. The number of benzene rings is 2. The number of nitrogens with one attached hydrogen (secondary N) is 3. The van der Waals surface area contributed by atoms with Gasteiger partial charge >= 0.3 is 5.97 Å². The molecule has 3 unspecified atom stereocenters. The van der Waals surface area contributed by atoms with Crippen molar-refractivity contribution in [2.45, 2.75) is 73.9 Å². The third-order valence-electron chi connectivity index (χ3n) is 9.60. The summed E-state index contributed by atoms with van der Waals surface area (Å²) >= 11 is 12.6. The average molecular weight is 604 g/mol. The van der Waals surface area contributed by atoms with Gasteiger partial charge in [0.1, 0.15) is 11.2 Å². The summed E-state index contributed by atoms with van der Waals surface area (Å²) in [7, 11) is 0. The molecule has 3 fully saturated rings. The Kier molecular flexibility index (Phi) is 7.51. The van der Waals surface area contributed by atoms with Crippen LogP contribution in [0, 0.1) is 5.82 Å². The second-order valence-corrected chi connectivity index (χ2v) is 12.6. The number of hydrogen-bond donors (Lipinski definition) is 4. The average Bonchev–Trinajstić information content (AvgIpc) is 3.39. The highest BCUT2D eigenvalue weighted by atomic mass is 35.5. The number of nitrogens with zero attached hydrogens (tertiary/aromatic N) is 1. The van der Waals surface area contributed by atoms with Crippen LogP contribution in [0.5, 0.6) is 0 Å². The third kappa shape index (κ3) is 4.61. The highest BCUT2D eigenvalue weighted by Crippen LogP contribution is 2.62. The van der Waals surface area contributed by atoms with Crippen LogP contribution in [0.1, 0.15) is 62.0 Å². The number of anilines is 1. The molecule has 4 N–H and O–H groups in total.